The molecule has 1 fully saturated rings. The van der Waals surface area contributed by atoms with Crippen molar-refractivity contribution in [2.24, 2.45) is 0 Å². The Morgan fingerprint density at radius 2 is 1.93 bits per heavy atom. The number of aromatic nitrogens is 2. The number of amides is 1. The normalized spacial score (nSPS) is 17.1. The second-order valence-corrected chi connectivity index (χ2v) is 6.87. The zero-order valence-corrected chi connectivity index (χ0v) is 15.3. The van der Waals surface area contributed by atoms with Gasteiger partial charge in [-0.3, -0.25) is 15.0 Å². The van der Waals surface area contributed by atoms with Crippen LogP contribution in [0.5, 0.6) is 0 Å². The highest BCUT2D eigenvalue weighted by Crippen LogP contribution is 2.31. The van der Waals surface area contributed by atoms with Crippen LogP contribution in [-0.4, -0.2) is 34.1 Å². The lowest BCUT2D eigenvalue weighted by molar-refractivity contribution is -0.117. The Balaban J connectivity index is 1.39. The maximum Gasteiger partial charge on any atom is 0.322 e. The fraction of sp³-hybridized carbons (Fsp3) is 0.286. The minimum Gasteiger partial charge on any atom is -0.403 e. The van der Waals surface area contributed by atoms with Gasteiger partial charge in [-0.2, -0.15) is 0 Å². The molecular formula is C21H22N4O2. The van der Waals surface area contributed by atoms with E-state index in [4.69, 9.17) is 4.42 Å². The van der Waals surface area contributed by atoms with Crippen LogP contribution in [0.4, 0.5) is 6.01 Å². The monoisotopic (exact) mass is 362 g/mol. The van der Waals surface area contributed by atoms with Crippen molar-refractivity contribution in [3.05, 3.63) is 65.7 Å². The molecule has 1 atom stereocenters. The molecule has 0 unspecified atom stereocenters. The third-order valence-electron chi connectivity index (χ3n) is 4.86. The second-order valence-electron chi connectivity index (χ2n) is 6.87. The van der Waals surface area contributed by atoms with Crippen LogP contribution >= 0.6 is 0 Å². The Morgan fingerprint density at radius 3 is 2.70 bits per heavy atom. The van der Waals surface area contributed by atoms with Crippen LogP contribution in [0, 0.1) is 6.92 Å². The first kappa shape index (κ1) is 17.4. The zero-order chi connectivity index (χ0) is 18.6. The minimum absolute atomic E-state index is 0.130. The van der Waals surface area contributed by atoms with Crippen LogP contribution < -0.4 is 5.32 Å². The summed E-state index contributed by atoms with van der Waals surface area (Å²) in [7, 11) is 0. The first-order valence-corrected chi connectivity index (χ1v) is 9.18. The van der Waals surface area contributed by atoms with Crippen molar-refractivity contribution in [3.8, 4) is 11.5 Å². The number of aryl methyl sites for hydroxylation is 1. The third kappa shape index (κ3) is 4.06. The van der Waals surface area contributed by atoms with Gasteiger partial charge in [0, 0.05) is 11.6 Å². The maximum absolute atomic E-state index is 12.5. The van der Waals surface area contributed by atoms with Gasteiger partial charge < -0.3 is 4.42 Å². The average Bonchev–Trinajstić information content (AvgIpc) is 3.33. The number of nitrogens with zero attached hydrogens (tertiary/aromatic N) is 3. The van der Waals surface area contributed by atoms with E-state index in [9.17, 15) is 4.79 Å². The van der Waals surface area contributed by atoms with Crippen molar-refractivity contribution < 1.29 is 9.21 Å². The molecule has 3 aromatic rings. The molecule has 2 aromatic carbocycles. The van der Waals surface area contributed by atoms with Crippen molar-refractivity contribution in [1.82, 2.24) is 15.1 Å². The lowest BCUT2D eigenvalue weighted by atomic mass is 10.0. The van der Waals surface area contributed by atoms with Gasteiger partial charge in [0.2, 0.25) is 11.8 Å². The average molecular weight is 362 g/mol. The van der Waals surface area contributed by atoms with E-state index >= 15 is 0 Å². The Kier molecular flexibility index (Phi) is 4.98. The summed E-state index contributed by atoms with van der Waals surface area (Å²) in [5.41, 5.74) is 3.33. The molecule has 1 aliphatic heterocycles. The van der Waals surface area contributed by atoms with Gasteiger partial charge in [-0.15, -0.1) is 5.10 Å². The number of hydrogen-bond donors (Lipinski definition) is 1. The van der Waals surface area contributed by atoms with E-state index in [1.165, 1.54) is 11.1 Å². The van der Waals surface area contributed by atoms with E-state index in [0.717, 1.165) is 24.9 Å². The summed E-state index contributed by atoms with van der Waals surface area (Å²) < 4.78 is 5.56. The summed E-state index contributed by atoms with van der Waals surface area (Å²) in [6.07, 6.45) is 2.15. The molecule has 0 radical (unpaired) electrons. The van der Waals surface area contributed by atoms with Crippen LogP contribution in [0.2, 0.25) is 0 Å². The summed E-state index contributed by atoms with van der Waals surface area (Å²) in [5.74, 6) is 0.252. The number of likely N-dealkylation sites (tertiary alicyclic amines) is 1. The number of hydrogen-bond acceptors (Lipinski definition) is 5. The number of anilines is 1. The molecule has 2 heterocycles. The van der Waals surface area contributed by atoms with Gasteiger partial charge in [0.05, 0.1) is 6.54 Å². The summed E-state index contributed by atoms with van der Waals surface area (Å²) >= 11 is 0. The molecule has 0 aliphatic carbocycles. The minimum atomic E-state index is -0.141. The summed E-state index contributed by atoms with van der Waals surface area (Å²) in [6, 6.07) is 18.4. The first-order valence-electron chi connectivity index (χ1n) is 9.18. The molecule has 6 nitrogen and oxygen atoms in total. The number of nitrogens with one attached hydrogen (secondary N) is 1. The predicted octanol–water partition coefficient (Wildman–Crippen LogP) is 3.82. The zero-order valence-electron chi connectivity index (χ0n) is 15.3. The molecule has 27 heavy (non-hydrogen) atoms. The molecular weight excluding hydrogens is 340 g/mol. The molecule has 1 amide bonds. The topological polar surface area (TPSA) is 71.3 Å². The Bertz CT molecular complexity index is 905. The van der Waals surface area contributed by atoms with Crippen molar-refractivity contribution in [3.63, 3.8) is 0 Å². The van der Waals surface area contributed by atoms with Crippen LogP contribution in [-0.2, 0) is 4.79 Å². The molecule has 6 heteroatoms. The van der Waals surface area contributed by atoms with Gasteiger partial charge >= 0.3 is 6.01 Å². The third-order valence-corrected chi connectivity index (χ3v) is 4.86. The van der Waals surface area contributed by atoms with Crippen molar-refractivity contribution in [2.45, 2.75) is 25.8 Å². The van der Waals surface area contributed by atoms with Crippen LogP contribution in [0.15, 0.2) is 59.0 Å². The number of benzene rings is 2. The van der Waals surface area contributed by atoms with E-state index in [1.54, 1.807) is 0 Å². The largest absolute Gasteiger partial charge is 0.403 e. The Hall–Kier alpha value is -2.99. The fourth-order valence-corrected chi connectivity index (χ4v) is 3.50. The van der Waals surface area contributed by atoms with Crippen LogP contribution in [0.3, 0.4) is 0 Å². The molecule has 1 N–H and O–H groups in total. The molecule has 0 spiro atoms. The number of carbonyl (C=O) groups is 1. The Morgan fingerprint density at radius 1 is 1.15 bits per heavy atom. The van der Waals surface area contributed by atoms with E-state index in [2.05, 4.69) is 51.6 Å². The van der Waals surface area contributed by atoms with Crippen molar-refractivity contribution >= 4 is 11.9 Å². The van der Waals surface area contributed by atoms with E-state index in [1.807, 2.05) is 30.3 Å². The maximum atomic E-state index is 12.5. The van der Waals surface area contributed by atoms with E-state index < -0.39 is 0 Å². The predicted molar refractivity (Wildman–Crippen MR) is 103 cm³/mol. The highest BCUT2D eigenvalue weighted by atomic mass is 16.4. The smallest absolute Gasteiger partial charge is 0.322 e. The fourth-order valence-electron chi connectivity index (χ4n) is 3.50. The van der Waals surface area contributed by atoms with Crippen molar-refractivity contribution in [1.29, 1.82) is 0 Å². The highest BCUT2D eigenvalue weighted by molar-refractivity contribution is 5.90. The lowest BCUT2D eigenvalue weighted by Crippen LogP contribution is -2.33. The van der Waals surface area contributed by atoms with E-state index in [-0.39, 0.29) is 18.0 Å². The molecule has 1 aromatic heterocycles. The second kappa shape index (κ2) is 7.72. The standard InChI is InChI=1S/C21H22N4O2/c1-15-9-11-16(12-10-15)18-8-5-13-25(18)14-19(26)22-21-24-23-20(27-21)17-6-3-2-4-7-17/h2-4,6-7,9-12,18H,5,8,13-14H2,1H3,(H,22,24,26)/t18-/m1/s1. The number of carbonyl (C=O) groups excluding carboxylic acids is 1. The Labute approximate surface area is 158 Å². The van der Waals surface area contributed by atoms with Gasteiger partial charge in [-0.1, -0.05) is 53.1 Å². The molecule has 0 saturated carbocycles. The molecule has 1 saturated heterocycles. The molecule has 1 aliphatic rings. The molecule has 4 rings (SSSR count). The van der Waals surface area contributed by atoms with Gasteiger partial charge in [-0.05, 0) is 44.0 Å². The number of rotatable bonds is 5. The van der Waals surface area contributed by atoms with Crippen molar-refractivity contribution in [2.75, 3.05) is 18.4 Å². The van der Waals surface area contributed by atoms with Gasteiger partial charge in [0.15, 0.2) is 0 Å². The molecule has 0 bridgehead atoms. The summed E-state index contributed by atoms with van der Waals surface area (Å²) in [6.45, 7) is 3.30. The van der Waals surface area contributed by atoms with Crippen LogP contribution in [0.25, 0.3) is 11.5 Å². The van der Waals surface area contributed by atoms with Gasteiger partial charge in [0.1, 0.15) is 0 Å². The summed E-state index contributed by atoms with van der Waals surface area (Å²) in [5, 5.41) is 10.6. The summed E-state index contributed by atoms with van der Waals surface area (Å²) in [4.78, 5) is 14.7. The van der Waals surface area contributed by atoms with Gasteiger partial charge in [-0.25, -0.2) is 0 Å². The van der Waals surface area contributed by atoms with Gasteiger partial charge in [0.25, 0.3) is 0 Å². The molecule has 138 valence electrons. The van der Waals surface area contributed by atoms with E-state index in [0.29, 0.717) is 12.4 Å². The highest BCUT2D eigenvalue weighted by Gasteiger charge is 2.27. The SMILES string of the molecule is Cc1ccc([C@H]2CCCN2CC(=O)Nc2nnc(-c3ccccc3)o2)cc1. The van der Waals surface area contributed by atoms with Crippen LogP contribution in [0.1, 0.15) is 30.0 Å². The lowest BCUT2D eigenvalue weighted by Gasteiger charge is -2.24. The first-order chi connectivity index (χ1) is 13.2. The quantitative estimate of drug-likeness (QED) is 0.747.